The maximum Gasteiger partial charge on any atom is 0.183 e. The van der Waals surface area contributed by atoms with Gasteiger partial charge in [-0.25, -0.2) is 0 Å². The molecule has 0 radical (unpaired) electrons. The third kappa shape index (κ3) is 4.05. The Hall–Kier alpha value is -0.863. The Labute approximate surface area is 174 Å². The lowest BCUT2D eigenvalue weighted by Crippen LogP contribution is -2.36. The van der Waals surface area contributed by atoms with Crippen LogP contribution in [0.5, 0.6) is 0 Å². The van der Waals surface area contributed by atoms with Crippen molar-refractivity contribution in [1.82, 2.24) is 0 Å². The summed E-state index contributed by atoms with van der Waals surface area (Å²) in [5.41, 5.74) is 3.96. The van der Waals surface area contributed by atoms with Crippen molar-refractivity contribution in [2.24, 2.45) is 29.1 Å². The molecule has 2 heteroatoms. The topological polar surface area (TPSA) is 9.23 Å². The van der Waals surface area contributed by atoms with Crippen molar-refractivity contribution < 1.29 is 4.43 Å². The van der Waals surface area contributed by atoms with Gasteiger partial charge in [0.15, 0.2) is 8.32 Å². The molecule has 0 saturated heterocycles. The van der Waals surface area contributed by atoms with E-state index < -0.39 is 8.32 Å². The van der Waals surface area contributed by atoms with Crippen LogP contribution in [0.1, 0.15) is 58.3 Å². The van der Waals surface area contributed by atoms with Gasteiger partial charge >= 0.3 is 0 Å². The summed E-state index contributed by atoms with van der Waals surface area (Å²) < 4.78 is 6.25. The van der Waals surface area contributed by atoms with Crippen molar-refractivity contribution in [2.75, 3.05) is 6.61 Å². The SMILES string of the molecule is CC(CCCO[Si](C)(C)C)(C1CCC2CC=CC=C21)C1CCC2CC=CC=C21. The Morgan fingerprint density at radius 1 is 0.893 bits per heavy atom. The zero-order valence-corrected chi connectivity index (χ0v) is 19.5. The van der Waals surface area contributed by atoms with E-state index >= 15 is 0 Å². The Morgan fingerprint density at radius 2 is 1.43 bits per heavy atom. The summed E-state index contributed by atoms with van der Waals surface area (Å²) in [6, 6.07) is 0. The third-order valence-electron chi connectivity index (χ3n) is 8.03. The fourth-order valence-corrected chi connectivity index (χ4v) is 7.43. The molecule has 28 heavy (non-hydrogen) atoms. The predicted octanol–water partition coefficient (Wildman–Crippen LogP) is 7.45. The van der Waals surface area contributed by atoms with Gasteiger partial charge in [0.1, 0.15) is 0 Å². The number of fused-ring (bicyclic) bond motifs is 2. The molecule has 154 valence electrons. The molecule has 2 saturated carbocycles. The van der Waals surface area contributed by atoms with Crippen LogP contribution in [0.3, 0.4) is 0 Å². The number of allylic oxidation sites excluding steroid dienone is 8. The fraction of sp³-hybridized carbons (Fsp3) is 0.692. The zero-order valence-electron chi connectivity index (χ0n) is 18.5. The summed E-state index contributed by atoms with van der Waals surface area (Å²) >= 11 is 0. The van der Waals surface area contributed by atoms with Gasteiger partial charge in [-0.2, -0.15) is 0 Å². The van der Waals surface area contributed by atoms with Gasteiger partial charge < -0.3 is 4.43 Å². The first kappa shape index (κ1) is 20.4. The van der Waals surface area contributed by atoms with Crippen molar-refractivity contribution in [1.29, 1.82) is 0 Å². The van der Waals surface area contributed by atoms with E-state index in [0.717, 1.165) is 30.3 Å². The molecule has 0 aliphatic heterocycles. The van der Waals surface area contributed by atoms with Gasteiger partial charge in [-0.15, -0.1) is 0 Å². The normalized spacial score (nSPS) is 33.9. The highest BCUT2D eigenvalue weighted by Gasteiger charge is 2.50. The van der Waals surface area contributed by atoms with Crippen LogP contribution < -0.4 is 0 Å². The average Bonchev–Trinajstić information content (AvgIpc) is 3.29. The van der Waals surface area contributed by atoms with Crippen LogP contribution in [0.25, 0.3) is 0 Å². The zero-order chi connectivity index (χ0) is 19.8. The van der Waals surface area contributed by atoms with Crippen LogP contribution in [0.15, 0.2) is 47.6 Å². The quantitative estimate of drug-likeness (QED) is 0.321. The summed E-state index contributed by atoms with van der Waals surface area (Å²) in [5, 5.41) is 0. The second kappa shape index (κ2) is 8.11. The molecule has 0 heterocycles. The number of hydrogen-bond donors (Lipinski definition) is 0. The molecule has 2 fully saturated rings. The summed E-state index contributed by atoms with van der Waals surface area (Å²) in [6.45, 7) is 10.5. The van der Waals surface area contributed by atoms with Gasteiger partial charge in [-0.1, -0.05) is 54.5 Å². The van der Waals surface area contributed by atoms with E-state index in [2.05, 4.69) is 63.0 Å². The van der Waals surface area contributed by atoms with Gasteiger partial charge in [0.05, 0.1) is 0 Å². The van der Waals surface area contributed by atoms with E-state index in [4.69, 9.17) is 4.43 Å². The maximum absolute atomic E-state index is 6.25. The predicted molar refractivity (Wildman–Crippen MR) is 123 cm³/mol. The highest BCUT2D eigenvalue weighted by atomic mass is 28.4. The summed E-state index contributed by atoms with van der Waals surface area (Å²) in [6.07, 6.45) is 25.1. The van der Waals surface area contributed by atoms with E-state index in [1.807, 2.05) is 0 Å². The lowest BCUT2D eigenvalue weighted by Gasteiger charge is -2.44. The van der Waals surface area contributed by atoms with Crippen LogP contribution in [0, 0.1) is 29.1 Å². The number of rotatable bonds is 7. The van der Waals surface area contributed by atoms with E-state index in [0.29, 0.717) is 5.41 Å². The molecule has 0 spiro atoms. The van der Waals surface area contributed by atoms with Crippen molar-refractivity contribution in [3.05, 3.63) is 47.6 Å². The third-order valence-corrected chi connectivity index (χ3v) is 9.10. The maximum atomic E-state index is 6.25. The molecule has 0 aromatic carbocycles. The first-order valence-corrected chi connectivity index (χ1v) is 15.2. The standard InChI is InChI=1S/C26H40OSi/c1-26(18-9-19-27-28(2,3)4,24-16-14-20-10-5-7-12-22(20)24)25-17-15-21-11-6-8-13-23(21)25/h5-8,12-13,20-21,24-25H,9-11,14-19H2,1-4H3. The lowest BCUT2D eigenvalue weighted by atomic mass is 9.60. The lowest BCUT2D eigenvalue weighted by molar-refractivity contribution is 0.114. The van der Waals surface area contributed by atoms with Crippen molar-refractivity contribution in [3.8, 4) is 0 Å². The Balaban J connectivity index is 1.58. The summed E-state index contributed by atoms with van der Waals surface area (Å²) in [7, 11) is -1.41. The molecular formula is C26H40OSi. The highest BCUT2D eigenvalue weighted by Crippen LogP contribution is 2.59. The fourth-order valence-electron chi connectivity index (χ4n) is 6.67. The van der Waals surface area contributed by atoms with E-state index in [1.165, 1.54) is 51.4 Å². The molecule has 4 atom stereocenters. The van der Waals surface area contributed by atoms with Gasteiger partial charge in [-0.3, -0.25) is 0 Å². The van der Waals surface area contributed by atoms with Crippen LogP contribution >= 0.6 is 0 Å². The second-order valence-corrected chi connectivity index (χ2v) is 15.4. The van der Waals surface area contributed by atoms with Crippen molar-refractivity contribution in [2.45, 2.75) is 77.9 Å². The van der Waals surface area contributed by atoms with Gasteiger partial charge in [0.2, 0.25) is 0 Å². The largest absolute Gasteiger partial charge is 0.418 e. The van der Waals surface area contributed by atoms with Crippen molar-refractivity contribution in [3.63, 3.8) is 0 Å². The molecule has 0 aromatic heterocycles. The van der Waals surface area contributed by atoms with E-state index in [9.17, 15) is 0 Å². The smallest absolute Gasteiger partial charge is 0.183 e. The summed E-state index contributed by atoms with van der Waals surface area (Å²) in [4.78, 5) is 0. The first-order chi connectivity index (χ1) is 13.4. The summed E-state index contributed by atoms with van der Waals surface area (Å²) in [5.74, 6) is 3.18. The van der Waals surface area contributed by atoms with Crippen LogP contribution in [0.2, 0.25) is 19.6 Å². The van der Waals surface area contributed by atoms with Crippen LogP contribution in [0.4, 0.5) is 0 Å². The molecule has 0 bridgehead atoms. The Kier molecular flexibility index (Phi) is 5.91. The Morgan fingerprint density at radius 3 is 1.93 bits per heavy atom. The minimum absolute atomic E-state index is 0.389. The molecule has 0 N–H and O–H groups in total. The molecule has 4 aliphatic carbocycles. The second-order valence-electron chi connectivity index (χ2n) is 10.9. The molecule has 0 aromatic rings. The van der Waals surface area contributed by atoms with Gasteiger partial charge in [0.25, 0.3) is 0 Å². The minimum atomic E-state index is -1.41. The minimum Gasteiger partial charge on any atom is -0.418 e. The Bertz CT molecular complexity index is 644. The average molecular weight is 397 g/mol. The van der Waals surface area contributed by atoms with Crippen molar-refractivity contribution >= 4 is 8.32 Å². The van der Waals surface area contributed by atoms with Crippen LogP contribution in [-0.4, -0.2) is 14.9 Å². The van der Waals surface area contributed by atoms with Gasteiger partial charge in [-0.05, 0) is 100 Å². The molecule has 4 unspecified atom stereocenters. The highest BCUT2D eigenvalue weighted by molar-refractivity contribution is 6.69. The van der Waals surface area contributed by atoms with E-state index in [1.54, 1.807) is 11.1 Å². The van der Waals surface area contributed by atoms with Crippen LogP contribution in [-0.2, 0) is 4.43 Å². The molecule has 0 amide bonds. The molecule has 4 aliphatic rings. The first-order valence-electron chi connectivity index (χ1n) is 11.8. The molecular weight excluding hydrogens is 356 g/mol. The van der Waals surface area contributed by atoms with E-state index in [-0.39, 0.29) is 0 Å². The van der Waals surface area contributed by atoms with Gasteiger partial charge in [0, 0.05) is 6.61 Å². The molecule has 4 rings (SSSR count). The monoisotopic (exact) mass is 396 g/mol. The molecule has 1 nitrogen and oxygen atoms in total. The number of hydrogen-bond acceptors (Lipinski definition) is 1.